The number of benzene rings is 2. The van der Waals surface area contributed by atoms with Gasteiger partial charge in [-0.05, 0) is 35.1 Å². The van der Waals surface area contributed by atoms with Crippen molar-refractivity contribution in [2.24, 2.45) is 5.92 Å². The molecule has 7 nitrogen and oxygen atoms in total. The third-order valence-corrected chi connectivity index (χ3v) is 6.39. The molecule has 0 aromatic heterocycles. The molecule has 7 heteroatoms. The first kappa shape index (κ1) is 21.9. The van der Waals surface area contributed by atoms with E-state index in [1.807, 2.05) is 24.3 Å². The Balaban J connectivity index is 1.36. The minimum atomic E-state index is -0.956. The Bertz CT molecular complexity index is 960. The summed E-state index contributed by atoms with van der Waals surface area (Å²) in [5.74, 6) is -1.56. The Morgan fingerprint density at radius 3 is 2.22 bits per heavy atom. The number of nitrogens with one attached hydrogen (secondary N) is 2. The molecule has 2 aromatic carbocycles. The van der Waals surface area contributed by atoms with Crippen LogP contribution in [0.3, 0.4) is 0 Å². The van der Waals surface area contributed by atoms with Crippen molar-refractivity contribution in [2.75, 3.05) is 13.2 Å². The van der Waals surface area contributed by atoms with Gasteiger partial charge in [-0.1, -0.05) is 61.4 Å². The monoisotopic (exact) mass is 436 g/mol. The van der Waals surface area contributed by atoms with Crippen LogP contribution in [0.25, 0.3) is 11.1 Å². The molecule has 0 saturated heterocycles. The second-order valence-electron chi connectivity index (χ2n) is 8.40. The van der Waals surface area contributed by atoms with Gasteiger partial charge in [-0.15, -0.1) is 0 Å². The molecular weight excluding hydrogens is 408 g/mol. The minimum absolute atomic E-state index is 0.0189. The van der Waals surface area contributed by atoms with Crippen molar-refractivity contribution in [1.29, 1.82) is 0 Å². The van der Waals surface area contributed by atoms with Gasteiger partial charge in [0.1, 0.15) is 6.61 Å². The number of aliphatic carboxylic acids is 1. The van der Waals surface area contributed by atoms with Gasteiger partial charge in [-0.2, -0.15) is 0 Å². The summed E-state index contributed by atoms with van der Waals surface area (Å²) in [7, 11) is 0. The molecule has 4 rings (SSSR count). The second-order valence-corrected chi connectivity index (χ2v) is 8.40. The Morgan fingerprint density at radius 1 is 0.938 bits per heavy atom. The van der Waals surface area contributed by atoms with E-state index in [1.54, 1.807) is 0 Å². The Labute approximate surface area is 187 Å². The van der Waals surface area contributed by atoms with Crippen molar-refractivity contribution in [3.63, 3.8) is 0 Å². The van der Waals surface area contributed by atoms with Crippen LogP contribution in [-0.2, 0) is 14.3 Å². The Kier molecular flexibility index (Phi) is 6.73. The van der Waals surface area contributed by atoms with Crippen LogP contribution in [0.4, 0.5) is 4.79 Å². The van der Waals surface area contributed by atoms with Crippen LogP contribution >= 0.6 is 0 Å². The zero-order chi connectivity index (χ0) is 22.5. The fourth-order valence-corrected chi connectivity index (χ4v) is 4.83. The zero-order valence-corrected chi connectivity index (χ0v) is 17.9. The number of fused-ring (bicyclic) bond motifs is 3. The van der Waals surface area contributed by atoms with E-state index >= 15 is 0 Å². The molecule has 0 heterocycles. The highest BCUT2D eigenvalue weighted by Gasteiger charge is 2.33. The standard InChI is InChI=1S/C25H28N2O5/c28-23(29)13-14-26-24(30)20-11-5-6-12-22(20)27-25(31)32-15-21-18-9-3-1-7-16(18)17-8-2-4-10-19(17)21/h1-4,7-10,20-22H,5-6,11-15H2,(H,26,30)(H,27,31)(H,28,29). The molecule has 2 aliphatic rings. The number of alkyl carbamates (subject to hydrolysis) is 1. The number of carboxylic acids is 1. The highest BCUT2D eigenvalue weighted by molar-refractivity contribution is 5.81. The fraction of sp³-hybridized carbons (Fsp3) is 0.400. The highest BCUT2D eigenvalue weighted by Crippen LogP contribution is 2.44. The molecule has 32 heavy (non-hydrogen) atoms. The van der Waals surface area contributed by atoms with E-state index in [4.69, 9.17) is 9.84 Å². The van der Waals surface area contributed by atoms with E-state index < -0.39 is 12.1 Å². The van der Waals surface area contributed by atoms with Gasteiger partial charge >= 0.3 is 12.1 Å². The number of carbonyl (C=O) groups is 3. The van der Waals surface area contributed by atoms with Gasteiger partial charge in [0.15, 0.2) is 0 Å². The quantitative estimate of drug-likeness (QED) is 0.614. The van der Waals surface area contributed by atoms with Gasteiger partial charge in [0.25, 0.3) is 0 Å². The maximum Gasteiger partial charge on any atom is 0.407 e. The van der Waals surface area contributed by atoms with Gasteiger partial charge in [-0.3, -0.25) is 9.59 Å². The van der Waals surface area contributed by atoms with E-state index in [0.29, 0.717) is 12.8 Å². The molecule has 2 aliphatic carbocycles. The molecule has 0 aliphatic heterocycles. The highest BCUT2D eigenvalue weighted by atomic mass is 16.5. The van der Waals surface area contributed by atoms with Crippen molar-refractivity contribution >= 4 is 18.0 Å². The Hall–Kier alpha value is -3.35. The second kappa shape index (κ2) is 9.85. The van der Waals surface area contributed by atoms with Crippen LogP contribution in [0.2, 0.25) is 0 Å². The zero-order valence-electron chi connectivity index (χ0n) is 17.9. The molecule has 0 spiro atoms. The van der Waals surface area contributed by atoms with Crippen molar-refractivity contribution in [2.45, 2.75) is 44.1 Å². The first-order valence-electron chi connectivity index (χ1n) is 11.2. The number of amides is 2. The molecule has 2 unspecified atom stereocenters. The predicted molar refractivity (Wildman–Crippen MR) is 119 cm³/mol. The summed E-state index contributed by atoms with van der Waals surface area (Å²) in [6.07, 6.45) is 2.53. The van der Waals surface area contributed by atoms with Gasteiger partial charge in [0.2, 0.25) is 5.91 Å². The van der Waals surface area contributed by atoms with E-state index in [2.05, 4.69) is 34.9 Å². The summed E-state index contributed by atoms with van der Waals surface area (Å²) in [6.45, 7) is 0.310. The number of carboxylic acid groups (broad SMARTS) is 1. The maximum atomic E-state index is 12.6. The third kappa shape index (κ3) is 4.77. The topological polar surface area (TPSA) is 105 Å². The van der Waals surface area contributed by atoms with Gasteiger partial charge < -0.3 is 20.5 Å². The van der Waals surface area contributed by atoms with Crippen LogP contribution in [0, 0.1) is 5.92 Å². The Morgan fingerprint density at radius 2 is 1.56 bits per heavy atom. The summed E-state index contributed by atoms with van der Waals surface area (Å²) in [6, 6.07) is 16.0. The first-order chi connectivity index (χ1) is 15.5. The van der Waals surface area contributed by atoms with Gasteiger partial charge in [-0.25, -0.2) is 4.79 Å². The summed E-state index contributed by atoms with van der Waals surface area (Å²) in [5.41, 5.74) is 4.63. The molecule has 0 radical (unpaired) electrons. The molecule has 2 aromatic rings. The van der Waals surface area contributed by atoms with Crippen LogP contribution < -0.4 is 10.6 Å². The molecule has 3 N–H and O–H groups in total. The van der Waals surface area contributed by atoms with Crippen LogP contribution in [0.15, 0.2) is 48.5 Å². The largest absolute Gasteiger partial charge is 0.481 e. The smallest absolute Gasteiger partial charge is 0.407 e. The fourth-order valence-electron chi connectivity index (χ4n) is 4.83. The summed E-state index contributed by atoms with van der Waals surface area (Å²) in [4.78, 5) is 35.8. The average molecular weight is 437 g/mol. The molecule has 2 atom stereocenters. The molecule has 0 bridgehead atoms. The SMILES string of the molecule is O=C(O)CCNC(=O)C1CCCCC1NC(=O)OCC1c2ccccc2-c2ccccc21. The number of ether oxygens (including phenoxy) is 1. The summed E-state index contributed by atoms with van der Waals surface area (Å²) >= 11 is 0. The normalized spacial score (nSPS) is 19.5. The lowest BCUT2D eigenvalue weighted by molar-refractivity contribution is -0.137. The minimum Gasteiger partial charge on any atom is -0.481 e. The third-order valence-electron chi connectivity index (χ3n) is 6.39. The van der Waals surface area contributed by atoms with Crippen LogP contribution in [0.1, 0.15) is 49.1 Å². The lowest BCUT2D eigenvalue weighted by atomic mass is 9.84. The number of carbonyl (C=O) groups excluding carboxylic acids is 2. The lowest BCUT2D eigenvalue weighted by Crippen LogP contribution is -2.48. The predicted octanol–water partition coefficient (Wildman–Crippen LogP) is 3.67. The number of hydrogen-bond donors (Lipinski definition) is 3. The van der Waals surface area contributed by atoms with E-state index in [-0.39, 0.29) is 43.4 Å². The summed E-state index contributed by atoms with van der Waals surface area (Å²) in [5, 5.41) is 14.3. The molecule has 2 amide bonds. The average Bonchev–Trinajstić information content (AvgIpc) is 3.11. The first-order valence-corrected chi connectivity index (χ1v) is 11.2. The number of rotatable bonds is 7. The van der Waals surface area contributed by atoms with Crippen molar-refractivity contribution in [3.05, 3.63) is 59.7 Å². The van der Waals surface area contributed by atoms with Crippen molar-refractivity contribution in [3.8, 4) is 11.1 Å². The van der Waals surface area contributed by atoms with Crippen molar-refractivity contribution in [1.82, 2.24) is 10.6 Å². The van der Waals surface area contributed by atoms with E-state index in [1.165, 1.54) is 11.1 Å². The molecule has 168 valence electrons. The van der Waals surface area contributed by atoms with Crippen LogP contribution in [-0.4, -0.2) is 42.3 Å². The maximum absolute atomic E-state index is 12.6. The molecule has 1 saturated carbocycles. The van der Waals surface area contributed by atoms with E-state index in [0.717, 1.165) is 24.0 Å². The molecule has 1 fully saturated rings. The van der Waals surface area contributed by atoms with Crippen molar-refractivity contribution < 1.29 is 24.2 Å². The van der Waals surface area contributed by atoms with Gasteiger partial charge in [0, 0.05) is 18.5 Å². The summed E-state index contributed by atoms with van der Waals surface area (Å²) < 4.78 is 5.62. The molecular formula is C25H28N2O5. The van der Waals surface area contributed by atoms with Crippen LogP contribution in [0.5, 0.6) is 0 Å². The van der Waals surface area contributed by atoms with Gasteiger partial charge in [0.05, 0.1) is 12.3 Å². The lowest BCUT2D eigenvalue weighted by Gasteiger charge is -2.31. The van der Waals surface area contributed by atoms with E-state index in [9.17, 15) is 14.4 Å². The number of hydrogen-bond acceptors (Lipinski definition) is 4.